The molecule has 0 saturated carbocycles. The Morgan fingerprint density at radius 2 is 1.79 bits per heavy atom. The summed E-state index contributed by atoms with van der Waals surface area (Å²) in [5, 5.41) is 10.4. The van der Waals surface area contributed by atoms with Gasteiger partial charge in [-0.05, 0) is 51.0 Å². The van der Waals surface area contributed by atoms with Crippen LogP contribution >= 0.6 is 0 Å². The number of rotatable bonds is 13. The molecule has 1 aromatic carbocycles. The molecule has 1 rings (SSSR count). The maximum atomic E-state index is 12.7. The average molecular weight is 393 g/mol. The van der Waals surface area contributed by atoms with Gasteiger partial charge in [0.1, 0.15) is 19.3 Å². The molecule has 4 nitrogen and oxygen atoms in total. The minimum atomic E-state index is -0.632. The molecule has 0 aliphatic rings. The van der Waals surface area contributed by atoms with Crippen molar-refractivity contribution in [2.45, 2.75) is 71.8 Å². The highest BCUT2D eigenvalue weighted by molar-refractivity contribution is 5.76. The summed E-state index contributed by atoms with van der Waals surface area (Å²) in [6.45, 7) is 9.92. The molecule has 0 aliphatic heterocycles. The van der Waals surface area contributed by atoms with Crippen LogP contribution < -0.4 is 0 Å². The number of carbonyl (C=O) groups is 1. The lowest BCUT2D eigenvalue weighted by Crippen LogP contribution is -2.47. The smallest absolute Gasteiger partial charge is 0.311 e. The van der Waals surface area contributed by atoms with Crippen molar-refractivity contribution in [2.75, 3.05) is 33.8 Å². The van der Waals surface area contributed by atoms with Gasteiger partial charge in [-0.3, -0.25) is 4.79 Å². The van der Waals surface area contributed by atoms with Crippen LogP contribution in [0.4, 0.5) is 0 Å². The van der Waals surface area contributed by atoms with E-state index in [4.69, 9.17) is 4.74 Å². The number of unbranched alkanes of at least 4 members (excludes halogenated alkanes) is 2. The summed E-state index contributed by atoms with van der Waals surface area (Å²) >= 11 is 0. The van der Waals surface area contributed by atoms with Crippen LogP contribution in [0.2, 0.25) is 0 Å². The Balaban J connectivity index is 2.53. The van der Waals surface area contributed by atoms with E-state index < -0.39 is 11.5 Å². The molecule has 2 unspecified atom stereocenters. The Morgan fingerprint density at radius 1 is 1.14 bits per heavy atom. The number of benzene rings is 1. The standard InChI is InChI=1S/C24H42NO3/c1-7-9-13-16-25(5,6)18-22(26)19-28-23(27)24(3,4)17-20(8-2)21-14-11-10-12-15-21/h10-12,14-15,20,22,26H,7-9,13,16-19H2,1-6H3/q+1. The van der Waals surface area contributed by atoms with Gasteiger partial charge in [0.05, 0.1) is 26.1 Å². The predicted molar refractivity (Wildman–Crippen MR) is 116 cm³/mol. The first-order valence-corrected chi connectivity index (χ1v) is 10.8. The second kappa shape index (κ2) is 11.6. The van der Waals surface area contributed by atoms with Gasteiger partial charge in [-0.25, -0.2) is 0 Å². The van der Waals surface area contributed by atoms with Crippen LogP contribution in [-0.4, -0.2) is 55.5 Å². The maximum Gasteiger partial charge on any atom is 0.311 e. The third-order valence-electron chi connectivity index (χ3n) is 5.55. The normalized spacial score (nSPS) is 14.5. The van der Waals surface area contributed by atoms with Crippen LogP contribution in [0.25, 0.3) is 0 Å². The Hall–Kier alpha value is -1.39. The Bertz CT molecular complexity index is 568. The van der Waals surface area contributed by atoms with Gasteiger partial charge in [-0.2, -0.15) is 0 Å². The maximum absolute atomic E-state index is 12.7. The van der Waals surface area contributed by atoms with Crippen molar-refractivity contribution in [3.63, 3.8) is 0 Å². The Morgan fingerprint density at radius 3 is 2.36 bits per heavy atom. The Kier molecular flexibility index (Phi) is 10.2. The summed E-state index contributed by atoms with van der Waals surface area (Å²) < 4.78 is 6.27. The number of ether oxygens (including phenoxy) is 1. The molecule has 0 radical (unpaired) electrons. The number of carbonyl (C=O) groups excluding carboxylic acids is 1. The van der Waals surface area contributed by atoms with Crippen molar-refractivity contribution < 1.29 is 19.1 Å². The third kappa shape index (κ3) is 8.74. The van der Waals surface area contributed by atoms with Crippen LogP contribution in [-0.2, 0) is 9.53 Å². The van der Waals surface area contributed by atoms with Crippen LogP contribution in [0, 0.1) is 5.41 Å². The topological polar surface area (TPSA) is 46.5 Å². The first-order chi connectivity index (χ1) is 13.1. The quantitative estimate of drug-likeness (QED) is 0.299. The van der Waals surface area contributed by atoms with Crippen molar-refractivity contribution in [3.05, 3.63) is 35.9 Å². The zero-order valence-electron chi connectivity index (χ0n) is 18.9. The minimum absolute atomic E-state index is 0.0693. The van der Waals surface area contributed by atoms with Crippen LogP contribution in [0.3, 0.4) is 0 Å². The zero-order valence-corrected chi connectivity index (χ0v) is 18.9. The molecule has 0 aromatic heterocycles. The number of aliphatic hydroxyl groups is 1. The van der Waals surface area contributed by atoms with Gasteiger partial charge in [-0.1, -0.05) is 50.6 Å². The van der Waals surface area contributed by atoms with E-state index in [0.717, 1.165) is 30.3 Å². The summed E-state index contributed by atoms with van der Waals surface area (Å²) in [5.41, 5.74) is 0.680. The highest BCUT2D eigenvalue weighted by atomic mass is 16.5. The monoisotopic (exact) mass is 392 g/mol. The summed E-state index contributed by atoms with van der Waals surface area (Å²) in [7, 11) is 4.24. The Labute approximate surface area is 172 Å². The molecule has 0 aliphatic carbocycles. The van der Waals surface area contributed by atoms with E-state index in [1.807, 2.05) is 32.0 Å². The van der Waals surface area contributed by atoms with E-state index in [1.165, 1.54) is 18.4 Å². The van der Waals surface area contributed by atoms with Crippen LogP contribution in [0.1, 0.15) is 71.3 Å². The number of esters is 1. The number of hydrogen-bond acceptors (Lipinski definition) is 3. The fourth-order valence-corrected chi connectivity index (χ4v) is 3.79. The lowest BCUT2D eigenvalue weighted by molar-refractivity contribution is -0.893. The van der Waals surface area contributed by atoms with E-state index in [1.54, 1.807) is 0 Å². The van der Waals surface area contributed by atoms with Gasteiger partial charge in [0.2, 0.25) is 0 Å². The lowest BCUT2D eigenvalue weighted by atomic mass is 9.79. The van der Waals surface area contributed by atoms with E-state index >= 15 is 0 Å². The van der Waals surface area contributed by atoms with Crippen LogP contribution in [0.5, 0.6) is 0 Å². The number of hydrogen-bond donors (Lipinski definition) is 1. The van der Waals surface area contributed by atoms with Crippen molar-refractivity contribution in [2.24, 2.45) is 5.41 Å². The largest absolute Gasteiger partial charge is 0.462 e. The van der Waals surface area contributed by atoms with E-state index in [0.29, 0.717) is 12.5 Å². The van der Waals surface area contributed by atoms with Crippen molar-refractivity contribution >= 4 is 5.97 Å². The summed E-state index contributed by atoms with van der Waals surface area (Å²) in [6, 6.07) is 10.3. The highest BCUT2D eigenvalue weighted by Gasteiger charge is 2.33. The van der Waals surface area contributed by atoms with E-state index in [9.17, 15) is 9.90 Å². The van der Waals surface area contributed by atoms with Gasteiger partial charge in [0.25, 0.3) is 0 Å². The fraction of sp³-hybridized carbons (Fsp3) is 0.708. The molecule has 1 N–H and O–H groups in total. The second-order valence-corrected chi connectivity index (χ2v) is 9.41. The number of aliphatic hydroxyl groups excluding tert-OH is 1. The summed E-state index contributed by atoms with van der Waals surface area (Å²) in [5.74, 6) is 0.0973. The van der Waals surface area contributed by atoms with Crippen molar-refractivity contribution in [3.8, 4) is 0 Å². The molecule has 0 amide bonds. The number of likely N-dealkylation sites (N-methyl/N-ethyl adjacent to an activating group) is 1. The zero-order chi connectivity index (χ0) is 21.2. The number of quaternary nitrogens is 1. The van der Waals surface area contributed by atoms with Gasteiger partial charge < -0.3 is 14.3 Å². The third-order valence-corrected chi connectivity index (χ3v) is 5.55. The summed E-state index contributed by atoms with van der Waals surface area (Å²) in [4.78, 5) is 12.7. The van der Waals surface area contributed by atoms with Crippen molar-refractivity contribution in [1.82, 2.24) is 0 Å². The van der Waals surface area contributed by atoms with E-state index in [-0.39, 0.29) is 12.6 Å². The fourth-order valence-electron chi connectivity index (χ4n) is 3.79. The first kappa shape index (κ1) is 24.6. The molecule has 160 valence electrons. The summed E-state index contributed by atoms with van der Waals surface area (Å²) in [6.07, 6.45) is 4.64. The predicted octanol–water partition coefficient (Wildman–Crippen LogP) is 4.77. The molecule has 0 heterocycles. The molecule has 4 heteroatoms. The van der Waals surface area contributed by atoms with Gasteiger partial charge in [0.15, 0.2) is 0 Å². The molecule has 28 heavy (non-hydrogen) atoms. The lowest BCUT2D eigenvalue weighted by Gasteiger charge is -2.32. The van der Waals surface area contributed by atoms with Crippen molar-refractivity contribution in [1.29, 1.82) is 0 Å². The van der Waals surface area contributed by atoms with Gasteiger partial charge >= 0.3 is 5.97 Å². The molecule has 0 fully saturated rings. The number of nitrogens with zero attached hydrogens (tertiary/aromatic N) is 1. The molecular formula is C24H42NO3+. The molecule has 1 aromatic rings. The van der Waals surface area contributed by atoms with Gasteiger partial charge in [0, 0.05) is 0 Å². The van der Waals surface area contributed by atoms with Gasteiger partial charge in [-0.15, -0.1) is 0 Å². The molecule has 0 saturated heterocycles. The minimum Gasteiger partial charge on any atom is -0.462 e. The SMILES string of the molecule is CCCCC[N+](C)(C)CC(O)COC(=O)C(C)(C)CC(CC)c1ccccc1. The molecule has 0 spiro atoms. The van der Waals surface area contributed by atoms with E-state index in [2.05, 4.69) is 40.1 Å². The second-order valence-electron chi connectivity index (χ2n) is 9.41. The molecule has 0 bridgehead atoms. The highest BCUT2D eigenvalue weighted by Crippen LogP contribution is 2.34. The van der Waals surface area contributed by atoms with Crippen LogP contribution in [0.15, 0.2) is 30.3 Å². The first-order valence-electron chi connectivity index (χ1n) is 10.8. The molecule has 2 atom stereocenters. The molecular weight excluding hydrogens is 350 g/mol. The average Bonchev–Trinajstić information content (AvgIpc) is 2.64.